The van der Waals surface area contributed by atoms with Gasteiger partial charge in [-0.15, -0.1) is 11.3 Å². The minimum absolute atomic E-state index is 0.238. The van der Waals surface area contributed by atoms with Crippen molar-refractivity contribution in [3.8, 4) is 22.6 Å². The van der Waals surface area contributed by atoms with Gasteiger partial charge in [-0.1, -0.05) is 6.07 Å². The number of halogens is 1. The number of nitrogens with zero attached hydrogens (tertiary/aromatic N) is 2. The summed E-state index contributed by atoms with van der Waals surface area (Å²) < 4.78 is 10.7. The molecule has 0 aliphatic rings. The van der Waals surface area contributed by atoms with Gasteiger partial charge < -0.3 is 14.8 Å². The molecule has 2 aromatic heterocycles. The molecule has 120 valence electrons. The molecule has 0 unspecified atom stereocenters. The number of rotatable bonds is 4. The lowest BCUT2D eigenvalue weighted by Crippen LogP contribution is -1.96. The van der Waals surface area contributed by atoms with Gasteiger partial charge in [0.1, 0.15) is 10.6 Å². The Morgan fingerprint density at radius 2 is 1.87 bits per heavy atom. The first-order chi connectivity index (χ1) is 11.1. The molecule has 0 bridgehead atoms. The van der Waals surface area contributed by atoms with E-state index in [0.29, 0.717) is 17.3 Å². The van der Waals surface area contributed by atoms with Crippen molar-refractivity contribution in [1.82, 2.24) is 9.97 Å². The maximum absolute atomic E-state index is 6.01. The van der Waals surface area contributed by atoms with Crippen molar-refractivity contribution in [2.24, 2.45) is 0 Å². The number of anilines is 1. The number of ether oxygens (including phenoxy) is 2. The van der Waals surface area contributed by atoms with Gasteiger partial charge in [-0.3, -0.25) is 0 Å². The summed E-state index contributed by atoms with van der Waals surface area (Å²) in [5, 5.41) is 4.30. The molecule has 0 atom stereocenters. The van der Waals surface area contributed by atoms with Crippen LogP contribution in [0.5, 0.6) is 11.5 Å². The number of methoxy groups -OCH3 is 2. The summed E-state index contributed by atoms with van der Waals surface area (Å²) >= 11 is 7.60. The molecule has 3 rings (SSSR count). The summed E-state index contributed by atoms with van der Waals surface area (Å²) in [6.45, 7) is 2.06. The zero-order chi connectivity index (χ0) is 16.6. The molecule has 0 aliphatic carbocycles. The molecule has 0 spiro atoms. The van der Waals surface area contributed by atoms with Crippen LogP contribution < -0.4 is 14.8 Å². The van der Waals surface area contributed by atoms with Crippen LogP contribution in [0.25, 0.3) is 21.3 Å². The van der Waals surface area contributed by atoms with E-state index in [4.69, 9.17) is 21.1 Å². The van der Waals surface area contributed by atoms with Gasteiger partial charge in [0.05, 0.1) is 19.6 Å². The van der Waals surface area contributed by atoms with Crippen LogP contribution in [0.2, 0.25) is 5.28 Å². The molecule has 23 heavy (non-hydrogen) atoms. The highest BCUT2D eigenvalue weighted by Crippen LogP contribution is 2.43. The molecule has 0 amide bonds. The van der Waals surface area contributed by atoms with Crippen molar-refractivity contribution in [3.63, 3.8) is 0 Å². The van der Waals surface area contributed by atoms with Crippen LogP contribution in [0.3, 0.4) is 0 Å². The van der Waals surface area contributed by atoms with Gasteiger partial charge in [-0.05, 0) is 36.2 Å². The molecule has 1 N–H and O–H groups in total. The molecule has 0 fully saturated rings. The SMILES string of the molecule is CNc1nc(Cl)nc2sc(C)c(-c3ccc(OC)c(OC)c3)c12. The first-order valence-electron chi connectivity index (χ1n) is 6.95. The molecule has 0 saturated carbocycles. The van der Waals surface area contributed by atoms with E-state index in [9.17, 15) is 0 Å². The predicted molar refractivity (Wildman–Crippen MR) is 95.2 cm³/mol. The molecule has 5 nitrogen and oxygen atoms in total. The van der Waals surface area contributed by atoms with Crippen molar-refractivity contribution in [1.29, 1.82) is 0 Å². The Balaban J connectivity index is 2.30. The third-order valence-electron chi connectivity index (χ3n) is 3.61. The van der Waals surface area contributed by atoms with Crippen LogP contribution >= 0.6 is 22.9 Å². The highest BCUT2D eigenvalue weighted by atomic mass is 35.5. The van der Waals surface area contributed by atoms with Crippen LogP contribution in [-0.2, 0) is 0 Å². The molecule has 0 aliphatic heterocycles. The third-order valence-corrected chi connectivity index (χ3v) is 4.78. The number of fused-ring (bicyclic) bond motifs is 1. The van der Waals surface area contributed by atoms with Crippen molar-refractivity contribution in [2.45, 2.75) is 6.92 Å². The van der Waals surface area contributed by atoms with E-state index in [2.05, 4.69) is 22.2 Å². The number of hydrogen-bond donors (Lipinski definition) is 1. The summed E-state index contributed by atoms with van der Waals surface area (Å²) in [6.07, 6.45) is 0. The van der Waals surface area contributed by atoms with E-state index < -0.39 is 0 Å². The van der Waals surface area contributed by atoms with Crippen molar-refractivity contribution < 1.29 is 9.47 Å². The van der Waals surface area contributed by atoms with E-state index in [1.807, 2.05) is 25.2 Å². The monoisotopic (exact) mass is 349 g/mol. The van der Waals surface area contributed by atoms with E-state index in [1.54, 1.807) is 25.6 Å². The van der Waals surface area contributed by atoms with Crippen molar-refractivity contribution >= 4 is 39.0 Å². The Bertz CT molecular complexity index is 879. The fourth-order valence-electron chi connectivity index (χ4n) is 2.61. The maximum Gasteiger partial charge on any atom is 0.225 e. The Hall–Kier alpha value is -2.05. The van der Waals surface area contributed by atoms with Crippen LogP contribution in [0.4, 0.5) is 5.82 Å². The van der Waals surface area contributed by atoms with Gasteiger partial charge in [-0.25, -0.2) is 9.97 Å². The van der Waals surface area contributed by atoms with Gasteiger partial charge in [0.2, 0.25) is 5.28 Å². The highest BCUT2D eigenvalue weighted by molar-refractivity contribution is 7.19. The average Bonchev–Trinajstić information content (AvgIpc) is 2.88. The van der Waals surface area contributed by atoms with Gasteiger partial charge in [0, 0.05) is 17.5 Å². The fourth-order valence-corrected chi connectivity index (χ4v) is 3.87. The second-order valence-corrected chi connectivity index (χ2v) is 6.42. The van der Waals surface area contributed by atoms with Gasteiger partial charge in [-0.2, -0.15) is 0 Å². The minimum atomic E-state index is 0.238. The number of aryl methyl sites for hydroxylation is 1. The largest absolute Gasteiger partial charge is 0.493 e. The molecule has 3 aromatic rings. The fraction of sp³-hybridized carbons (Fsp3) is 0.250. The van der Waals surface area contributed by atoms with Crippen LogP contribution in [0, 0.1) is 6.92 Å². The average molecular weight is 350 g/mol. The Morgan fingerprint density at radius 3 is 2.52 bits per heavy atom. The topological polar surface area (TPSA) is 56.3 Å². The highest BCUT2D eigenvalue weighted by Gasteiger charge is 2.18. The molecule has 2 heterocycles. The lowest BCUT2D eigenvalue weighted by Gasteiger charge is -2.11. The Labute approximate surface area is 143 Å². The number of thiophene rings is 1. The van der Waals surface area contributed by atoms with E-state index in [1.165, 1.54) is 0 Å². The summed E-state index contributed by atoms with van der Waals surface area (Å²) in [7, 11) is 5.07. The van der Waals surface area contributed by atoms with Gasteiger partial charge in [0.25, 0.3) is 0 Å². The number of aromatic nitrogens is 2. The smallest absolute Gasteiger partial charge is 0.225 e. The van der Waals surface area contributed by atoms with E-state index >= 15 is 0 Å². The number of benzene rings is 1. The lowest BCUT2D eigenvalue weighted by atomic mass is 10.0. The summed E-state index contributed by atoms with van der Waals surface area (Å²) in [5.41, 5.74) is 2.10. The Kier molecular flexibility index (Phi) is 4.28. The predicted octanol–water partition coefficient (Wildman–Crippen LogP) is 4.38. The summed E-state index contributed by atoms with van der Waals surface area (Å²) in [4.78, 5) is 10.6. The zero-order valence-electron chi connectivity index (χ0n) is 13.2. The Morgan fingerprint density at radius 1 is 1.13 bits per heavy atom. The van der Waals surface area contributed by atoms with E-state index in [-0.39, 0.29) is 5.28 Å². The third kappa shape index (κ3) is 2.68. The maximum atomic E-state index is 6.01. The molecule has 7 heteroatoms. The molecule has 1 aromatic carbocycles. The normalized spacial score (nSPS) is 10.8. The zero-order valence-corrected chi connectivity index (χ0v) is 14.8. The quantitative estimate of drug-likeness (QED) is 0.708. The lowest BCUT2D eigenvalue weighted by molar-refractivity contribution is 0.355. The van der Waals surface area contributed by atoms with Crippen LogP contribution in [0.15, 0.2) is 18.2 Å². The van der Waals surface area contributed by atoms with Crippen LogP contribution in [0.1, 0.15) is 4.88 Å². The molecular formula is C16H16ClN3O2S. The first-order valence-corrected chi connectivity index (χ1v) is 8.15. The van der Waals surface area contributed by atoms with Gasteiger partial charge in [0.15, 0.2) is 11.5 Å². The van der Waals surface area contributed by atoms with Crippen molar-refractivity contribution in [3.05, 3.63) is 28.4 Å². The van der Waals surface area contributed by atoms with E-state index in [0.717, 1.165) is 26.2 Å². The van der Waals surface area contributed by atoms with Crippen LogP contribution in [-0.4, -0.2) is 31.2 Å². The summed E-state index contributed by atoms with van der Waals surface area (Å²) in [5.74, 6) is 2.10. The minimum Gasteiger partial charge on any atom is -0.493 e. The standard InChI is InChI=1S/C16H16ClN3O2S/c1-8-12(9-5-6-10(21-3)11(7-9)22-4)13-14(18-2)19-16(17)20-15(13)23-8/h5-7H,1-4H3,(H,18,19,20). The second-order valence-electron chi connectivity index (χ2n) is 4.87. The van der Waals surface area contributed by atoms with Crippen molar-refractivity contribution in [2.75, 3.05) is 26.6 Å². The first kappa shape index (κ1) is 15.8. The number of hydrogen-bond acceptors (Lipinski definition) is 6. The molecule has 0 saturated heterocycles. The summed E-state index contributed by atoms with van der Waals surface area (Å²) in [6, 6.07) is 5.86. The molecule has 0 radical (unpaired) electrons. The van der Waals surface area contributed by atoms with Gasteiger partial charge >= 0.3 is 0 Å². The second kappa shape index (κ2) is 6.22. The molecular weight excluding hydrogens is 334 g/mol. The number of nitrogens with one attached hydrogen (secondary N) is 1.